The zero-order valence-corrected chi connectivity index (χ0v) is 13.8. The highest BCUT2D eigenvalue weighted by molar-refractivity contribution is 6.45. The third-order valence-electron chi connectivity index (χ3n) is 2.91. The van der Waals surface area contributed by atoms with E-state index in [2.05, 4.69) is 9.97 Å². The SMILES string of the molecule is Oc1c(Cl)cc(Cl)c(Cl)c1-c1nc2cc(Cl)c(Cl)cc2[nH]1. The van der Waals surface area contributed by atoms with Crippen LogP contribution in [-0.4, -0.2) is 15.1 Å². The summed E-state index contributed by atoms with van der Waals surface area (Å²) in [6, 6.07) is 4.60. The van der Waals surface area contributed by atoms with E-state index in [1.165, 1.54) is 6.07 Å². The van der Waals surface area contributed by atoms with E-state index in [-0.39, 0.29) is 26.4 Å². The van der Waals surface area contributed by atoms with Crippen LogP contribution in [0.25, 0.3) is 22.4 Å². The molecule has 0 saturated heterocycles. The van der Waals surface area contributed by atoms with E-state index in [1.54, 1.807) is 12.1 Å². The summed E-state index contributed by atoms with van der Waals surface area (Å²) in [7, 11) is 0. The maximum absolute atomic E-state index is 10.1. The van der Waals surface area contributed by atoms with Crippen molar-refractivity contribution in [3.05, 3.63) is 43.3 Å². The monoisotopic (exact) mass is 380 g/mol. The van der Waals surface area contributed by atoms with E-state index in [1.807, 2.05) is 0 Å². The fourth-order valence-corrected chi connectivity index (χ4v) is 2.94. The van der Waals surface area contributed by atoms with Crippen LogP contribution in [0.3, 0.4) is 0 Å². The molecule has 0 aliphatic carbocycles. The number of rotatable bonds is 1. The second-order valence-corrected chi connectivity index (χ2v) is 6.25. The van der Waals surface area contributed by atoms with Crippen molar-refractivity contribution in [1.82, 2.24) is 9.97 Å². The molecule has 0 aliphatic rings. The summed E-state index contributed by atoms with van der Waals surface area (Å²) in [5.74, 6) is 0.109. The van der Waals surface area contributed by atoms with Crippen LogP contribution in [0.2, 0.25) is 25.1 Å². The van der Waals surface area contributed by atoms with Gasteiger partial charge >= 0.3 is 0 Å². The number of H-pyrrole nitrogens is 1. The average Bonchev–Trinajstić information content (AvgIpc) is 2.80. The summed E-state index contributed by atoms with van der Waals surface area (Å²) >= 11 is 29.9. The normalized spacial score (nSPS) is 11.3. The Kier molecular flexibility index (Phi) is 3.89. The van der Waals surface area contributed by atoms with Gasteiger partial charge in [-0.1, -0.05) is 58.0 Å². The number of benzene rings is 2. The van der Waals surface area contributed by atoms with E-state index < -0.39 is 0 Å². The number of halogens is 5. The lowest BCUT2D eigenvalue weighted by Gasteiger charge is -2.07. The van der Waals surface area contributed by atoms with Crippen LogP contribution < -0.4 is 0 Å². The molecule has 3 rings (SSSR count). The molecule has 8 heteroatoms. The largest absolute Gasteiger partial charge is 0.506 e. The summed E-state index contributed by atoms with van der Waals surface area (Å²) in [4.78, 5) is 7.33. The summed E-state index contributed by atoms with van der Waals surface area (Å²) < 4.78 is 0. The lowest BCUT2D eigenvalue weighted by Crippen LogP contribution is -1.86. The van der Waals surface area contributed by atoms with Gasteiger partial charge in [0.25, 0.3) is 0 Å². The third-order valence-corrected chi connectivity index (χ3v) is 4.70. The number of fused-ring (bicyclic) bond motifs is 1. The molecule has 0 amide bonds. The standard InChI is InChI=1S/C13H5Cl5N2O/c14-4-2-8-9(3-5(4)15)20-13(19-8)10-11(18)6(16)1-7(17)12(10)21/h1-3,21H,(H,19,20). The van der Waals surface area contributed by atoms with Gasteiger partial charge in [0.2, 0.25) is 0 Å². The number of aromatic nitrogens is 2. The van der Waals surface area contributed by atoms with Gasteiger partial charge < -0.3 is 10.1 Å². The van der Waals surface area contributed by atoms with E-state index >= 15 is 0 Å². The van der Waals surface area contributed by atoms with Gasteiger partial charge in [-0.05, 0) is 18.2 Å². The summed E-state index contributed by atoms with van der Waals surface area (Å²) in [6.45, 7) is 0. The average molecular weight is 382 g/mol. The van der Waals surface area contributed by atoms with Crippen molar-refractivity contribution in [2.75, 3.05) is 0 Å². The highest BCUT2D eigenvalue weighted by Crippen LogP contribution is 2.44. The molecule has 1 heterocycles. The van der Waals surface area contributed by atoms with Gasteiger partial charge in [-0.2, -0.15) is 0 Å². The Labute approximate surface area is 144 Å². The molecule has 3 aromatic rings. The van der Waals surface area contributed by atoms with Gasteiger partial charge in [0.05, 0.1) is 41.7 Å². The van der Waals surface area contributed by atoms with Crippen LogP contribution in [0, 0.1) is 0 Å². The topological polar surface area (TPSA) is 48.9 Å². The maximum atomic E-state index is 10.1. The van der Waals surface area contributed by atoms with Crippen molar-refractivity contribution in [1.29, 1.82) is 0 Å². The third kappa shape index (κ3) is 2.54. The number of nitrogens with zero attached hydrogens (tertiary/aromatic N) is 1. The number of aromatic amines is 1. The molecule has 0 atom stereocenters. The zero-order chi connectivity index (χ0) is 15.3. The molecule has 0 fully saturated rings. The van der Waals surface area contributed by atoms with Gasteiger partial charge in [-0.3, -0.25) is 0 Å². The van der Waals surface area contributed by atoms with Crippen molar-refractivity contribution >= 4 is 69.0 Å². The van der Waals surface area contributed by atoms with E-state index in [0.717, 1.165) is 0 Å². The van der Waals surface area contributed by atoms with E-state index in [9.17, 15) is 5.11 Å². The molecule has 108 valence electrons. The summed E-state index contributed by atoms with van der Waals surface area (Å²) in [5, 5.41) is 11.3. The number of hydrogen-bond donors (Lipinski definition) is 2. The van der Waals surface area contributed by atoms with Gasteiger partial charge in [0.1, 0.15) is 11.6 Å². The number of nitrogens with one attached hydrogen (secondary N) is 1. The molecule has 0 spiro atoms. The number of aromatic hydroxyl groups is 1. The van der Waals surface area contributed by atoms with Gasteiger partial charge in [-0.25, -0.2) is 4.98 Å². The van der Waals surface area contributed by atoms with Crippen LogP contribution in [0.5, 0.6) is 5.75 Å². The number of phenols is 1. The quantitative estimate of drug-likeness (QED) is 0.492. The summed E-state index contributed by atoms with van der Waals surface area (Å²) in [6.07, 6.45) is 0. The molecule has 1 aromatic heterocycles. The predicted molar refractivity (Wildman–Crippen MR) is 88.2 cm³/mol. The zero-order valence-electron chi connectivity index (χ0n) is 10.0. The van der Waals surface area contributed by atoms with Gasteiger partial charge in [0.15, 0.2) is 0 Å². The Morgan fingerprint density at radius 3 is 2.24 bits per heavy atom. The van der Waals surface area contributed by atoms with Crippen LogP contribution in [-0.2, 0) is 0 Å². The minimum atomic E-state index is -0.206. The first-order valence-corrected chi connectivity index (χ1v) is 7.49. The molecule has 2 aromatic carbocycles. The molecule has 3 nitrogen and oxygen atoms in total. The first-order chi connectivity index (χ1) is 9.88. The maximum Gasteiger partial charge on any atom is 0.146 e. The number of phenolic OH excluding ortho intramolecular Hbond substituents is 1. The molecule has 0 radical (unpaired) electrons. The second-order valence-electron chi connectivity index (χ2n) is 4.25. The van der Waals surface area contributed by atoms with Gasteiger partial charge in [-0.15, -0.1) is 0 Å². The molecule has 0 saturated carbocycles. The molecule has 2 N–H and O–H groups in total. The van der Waals surface area contributed by atoms with Crippen molar-refractivity contribution < 1.29 is 5.11 Å². The smallest absolute Gasteiger partial charge is 0.146 e. The molecule has 0 aliphatic heterocycles. The minimum absolute atomic E-state index is 0.0796. The fraction of sp³-hybridized carbons (Fsp3) is 0. The second kappa shape index (κ2) is 5.41. The van der Waals surface area contributed by atoms with Crippen LogP contribution in [0.4, 0.5) is 0 Å². The lowest BCUT2D eigenvalue weighted by molar-refractivity contribution is 0.477. The molecular weight excluding hydrogens is 377 g/mol. The predicted octanol–water partition coefficient (Wildman–Crippen LogP) is 6.20. The Hall–Kier alpha value is -0.840. The van der Waals surface area contributed by atoms with Crippen LogP contribution >= 0.6 is 58.0 Å². The van der Waals surface area contributed by atoms with Crippen molar-refractivity contribution in [2.45, 2.75) is 0 Å². The Morgan fingerprint density at radius 2 is 1.52 bits per heavy atom. The van der Waals surface area contributed by atoms with E-state index in [4.69, 9.17) is 58.0 Å². The number of hydrogen-bond acceptors (Lipinski definition) is 2. The van der Waals surface area contributed by atoms with Crippen LogP contribution in [0.1, 0.15) is 0 Å². The molecule has 0 unspecified atom stereocenters. The molecule has 21 heavy (non-hydrogen) atoms. The Bertz CT molecular complexity index is 810. The molecular formula is C13H5Cl5N2O. The number of imidazole rings is 1. The highest BCUT2D eigenvalue weighted by Gasteiger charge is 2.19. The lowest BCUT2D eigenvalue weighted by atomic mass is 10.2. The Morgan fingerprint density at radius 1 is 0.857 bits per heavy atom. The summed E-state index contributed by atoms with van der Waals surface area (Å²) in [5.41, 5.74) is 1.44. The fourth-order valence-electron chi connectivity index (χ4n) is 1.93. The minimum Gasteiger partial charge on any atom is -0.506 e. The van der Waals surface area contributed by atoms with Crippen LogP contribution in [0.15, 0.2) is 18.2 Å². The van der Waals surface area contributed by atoms with Crippen molar-refractivity contribution in [2.24, 2.45) is 0 Å². The first kappa shape index (κ1) is 15.1. The van der Waals surface area contributed by atoms with Gasteiger partial charge in [0, 0.05) is 0 Å². The van der Waals surface area contributed by atoms with E-state index in [0.29, 0.717) is 26.9 Å². The first-order valence-electron chi connectivity index (χ1n) is 5.60. The van der Waals surface area contributed by atoms with Crippen molar-refractivity contribution in [3.8, 4) is 17.1 Å². The van der Waals surface area contributed by atoms with Crippen molar-refractivity contribution in [3.63, 3.8) is 0 Å². The highest BCUT2D eigenvalue weighted by atomic mass is 35.5. The Balaban J connectivity index is 2.31. The molecule has 0 bridgehead atoms.